The summed E-state index contributed by atoms with van der Waals surface area (Å²) in [5.74, 6) is 1.16. The van der Waals surface area contributed by atoms with Crippen molar-refractivity contribution in [3.05, 3.63) is 64.8 Å². The lowest BCUT2D eigenvalue weighted by molar-refractivity contribution is 0.0696. The zero-order valence-corrected chi connectivity index (χ0v) is 19.2. The van der Waals surface area contributed by atoms with E-state index < -0.39 is 5.97 Å². The maximum Gasteiger partial charge on any atom is 0.335 e. The van der Waals surface area contributed by atoms with Gasteiger partial charge in [-0.1, -0.05) is 19.1 Å². The third-order valence-corrected chi connectivity index (χ3v) is 7.54. The zero-order chi connectivity index (χ0) is 22.0. The Kier molecular flexibility index (Phi) is 6.58. The van der Waals surface area contributed by atoms with E-state index in [1.807, 2.05) is 30.1 Å². The fraction of sp³-hybridized carbons (Fsp3) is 0.400. The second-order valence-electron chi connectivity index (χ2n) is 8.16. The Hall–Kier alpha value is -2.44. The number of piperidine rings is 1. The molecule has 1 saturated heterocycles. The number of carbonyl (C=O) groups is 1. The van der Waals surface area contributed by atoms with E-state index in [1.165, 1.54) is 22.1 Å². The van der Waals surface area contributed by atoms with E-state index in [0.29, 0.717) is 10.8 Å². The van der Waals surface area contributed by atoms with Gasteiger partial charge in [-0.2, -0.15) is 11.8 Å². The number of aromatic carboxylic acids is 1. The number of aromatic amines is 1. The maximum absolute atomic E-state index is 11.3. The highest BCUT2D eigenvalue weighted by atomic mass is 32.2. The topological polar surface area (TPSA) is 65.6 Å². The Morgan fingerprint density at radius 2 is 2.06 bits per heavy atom. The van der Waals surface area contributed by atoms with Crippen LogP contribution in [0.3, 0.4) is 0 Å². The van der Waals surface area contributed by atoms with E-state index in [0.717, 1.165) is 43.0 Å². The fourth-order valence-electron chi connectivity index (χ4n) is 4.74. The monoisotopic (exact) mass is 438 g/mol. The third-order valence-electron chi connectivity index (χ3n) is 6.30. The summed E-state index contributed by atoms with van der Waals surface area (Å²) in [6.45, 7) is 6.12. The molecule has 1 aliphatic heterocycles. The van der Waals surface area contributed by atoms with E-state index in [-0.39, 0.29) is 6.04 Å². The van der Waals surface area contributed by atoms with E-state index >= 15 is 0 Å². The first-order valence-electron chi connectivity index (χ1n) is 10.8. The molecule has 2 N–H and O–H groups in total. The van der Waals surface area contributed by atoms with E-state index in [9.17, 15) is 9.90 Å². The molecule has 31 heavy (non-hydrogen) atoms. The van der Waals surface area contributed by atoms with Crippen LogP contribution in [-0.4, -0.2) is 45.6 Å². The van der Waals surface area contributed by atoms with Crippen LogP contribution < -0.4 is 4.74 Å². The molecule has 0 saturated carbocycles. The van der Waals surface area contributed by atoms with E-state index in [1.54, 1.807) is 19.2 Å². The van der Waals surface area contributed by atoms with Gasteiger partial charge in [0, 0.05) is 47.0 Å². The molecule has 0 amide bonds. The summed E-state index contributed by atoms with van der Waals surface area (Å²) in [4.78, 5) is 17.2. The number of carboxylic acid groups (broad SMARTS) is 1. The van der Waals surface area contributed by atoms with E-state index in [4.69, 9.17) is 4.74 Å². The number of carboxylic acids is 1. The Morgan fingerprint density at radius 1 is 1.29 bits per heavy atom. The third kappa shape index (κ3) is 4.46. The number of hydrogen-bond donors (Lipinski definition) is 2. The summed E-state index contributed by atoms with van der Waals surface area (Å²) in [6, 6.07) is 11.9. The predicted octanol–water partition coefficient (Wildman–Crippen LogP) is 5.64. The number of H-pyrrole nitrogens is 1. The molecule has 0 spiro atoms. The summed E-state index contributed by atoms with van der Waals surface area (Å²) in [5, 5.41) is 11.1. The summed E-state index contributed by atoms with van der Waals surface area (Å²) in [5.41, 5.74) is 5.06. The van der Waals surface area contributed by atoms with Crippen molar-refractivity contribution in [3.63, 3.8) is 0 Å². The largest absolute Gasteiger partial charge is 0.496 e. The second-order valence-corrected chi connectivity index (χ2v) is 9.73. The first kappa shape index (κ1) is 21.8. The van der Waals surface area contributed by atoms with Gasteiger partial charge in [0.25, 0.3) is 0 Å². The lowest BCUT2D eigenvalue weighted by atomic mass is 9.93. The molecule has 164 valence electrons. The molecule has 6 heteroatoms. The van der Waals surface area contributed by atoms with Crippen LogP contribution in [0.1, 0.15) is 52.9 Å². The number of nitrogens with zero attached hydrogens (tertiary/aromatic N) is 1. The Balaban J connectivity index is 1.69. The van der Waals surface area contributed by atoms with Crippen LogP contribution in [0.15, 0.2) is 42.6 Å². The minimum atomic E-state index is -0.884. The van der Waals surface area contributed by atoms with Crippen molar-refractivity contribution in [2.75, 3.05) is 19.4 Å². The standard InChI is InChI=1S/C25H30N2O3S/c1-4-31-19-10-12-27(22(14-19)17-5-7-18(8-6-17)25(28)29)15-21-20-9-11-26-24(20)16(2)13-23(21)30-3/h5-9,11,13,19,22,26H,4,10,12,14-15H2,1-3H3,(H,28,29)/t19-,22-/m0/s1. The van der Waals surface area contributed by atoms with Crippen molar-refractivity contribution >= 4 is 28.6 Å². The number of aromatic nitrogens is 1. The van der Waals surface area contributed by atoms with Gasteiger partial charge in [0.15, 0.2) is 0 Å². The molecule has 5 nitrogen and oxygen atoms in total. The van der Waals surface area contributed by atoms with Crippen LogP contribution in [-0.2, 0) is 6.54 Å². The molecule has 0 radical (unpaired) electrons. The highest BCUT2D eigenvalue weighted by molar-refractivity contribution is 7.99. The molecule has 1 fully saturated rings. The second kappa shape index (κ2) is 9.37. The number of benzene rings is 2. The first-order valence-corrected chi connectivity index (χ1v) is 11.9. The molecule has 1 aromatic heterocycles. The first-order chi connectivity index (χ1) is 15.0. The number of ether oxygens (including phenoxy) is 1. The van der Waals surface area contributed by atoms with Crippen molar-refractivity contribution in [2.24, 2.45) is 0 Å². The van der Waals surface area contributed by atoms with Gasteiger partial charge in [-0.3, -0.25) is 4.90 Å². The van der Waals surface area contributed by atoms with Gasteiger partial charge in [-0.05, 0) is 60.9 Å². The molecule has 0 unspecified atom stereocenters. The van der Waals surface area contributed by atoms with Crippen molar-refractivity contribution in [3.8, 4) is 5.75 Å². The molecular formula is C25H30N2O3S. The molecule has 0 bridgehead atoms. The number of nitrogens with one attached hydrogen (secondary N) is 1. The predicted molar refractivity (Wildman–Crippen MR) is 127 cm³/mol. The minimum Gasteiger partial charge on any atom is -0.496 e. The van der Waals surface area contributed by atoms with Gasteiger partial charge in [0.05, 0.1) is 12.7 Å². The number of rotatable bonds is 7. The molecule has 4 rings (SSSR count). The summed E-state index contributed by atoms with van der Waals surface area (Å²) < 4.78 is 5.78. The Labute approximate surface area is 187 Å². The van der Waals surface area contributed by atoms with Crippen LogP contribution in [0.4, 0.5) is 0 Å². The van der Waals surface area contributed by atoms with Crippen LogP contribution in [0.5, 0.6) is 5.75 Å². The van der Waals surface area contributed by atoms with Crippen molar-refractivity contribution in [1.82, 2.24) is 9.88 Å². The average Bonchev–Trinajstić information content (AvgIpc) is 3.27. The summed E-state index contributed by atoms with van der Waals surface area (Å²) in [7, 11) is 1.74. The summed E-state index contributed by atoms with van der Waals surface area (Å²) >= 11 is 2.03. The molecule has 2 heterocycles. The lowest BCUT2D eigenvalue weighted by Crippen LogP contribution is -2.37. The van der Waals surface area contributed by atoms with E-state index in [2.05, 4.69) is 35.9 Å². The maximum atomic E-state index is 11.3. The number of likely N-dealkylation sites (tertiary alicyclic amines) is 1. The van der Waals surface area contributed by atoms with Gasteiger partial charge in [-0.15, -0.1) is 0 Å². The van der Waals surface area contributed by atoms with Gasteiger partial charge in [0.1, 0.15) is 5.75 Å². The Bertz CT molecular complexity index is 1060. The van der Waals surface area contributed by atoms with Crippen molar-refractivity contribution in [1.29, 1.82) is 0 Å². The minimum absolute atomic E-state index is 0.251. The fourth-order valence-corrected chi connectivity index (χ4v) is 5.80. The van der Waals surface area contributed by atoms with Gasteiger partial charge >= 0.3 is 5.97 Å². The summed E-state index contributed by atoms with van der Waals surface area (Å²) in [6.07, 6.45) is 4.22. The lowest BCUT2D eigenvalue weighted by Gasteiger charge is -2.40. The van der Waals surface area contributed by atoms with Crippen LogP contribution >= 0.6 is 11.8 Å². The molecule has 3 aromatic rings. The van der Waals surface area contributed by atoms with Crippen molar-refractivity contribution in [2.45, 2.75) is 44.5 Å². The van der Waals surface area contributed by atoms with Crippen LogP contribution in [0.2, 0.25) is 0 Å². The molecule has 0 aliphatic carbocycles. The molecule has 2 atom stereocenters. The average molecular weight is 439 g/mol. The van der Waals surface area contributed by atoms with Crippen LogP contribution in [0, 0.1) is 6.92 Å². The zero-order valence-electron chi connectivity index (χ0n) is 18.4. The number of thioether (sulfide) groups is 1. The number of hydrogen-bond acceptors (Lipinski definition) is 4. The van der Waals surface area contributed by atoms with Crippen molar-refractivity contribution < 1.29 is 14.6 Å². The quantitative estimate of drug-likeness (QED) is 0.500. The number of fused-ring (bicyclic) bond motifs is 1. The number of methoxy groups -OCH3 is 1. The molecule has 1 aliphatic rings. The van der Waals surface area contributed by atoms with Crippen LogP contribution in [0.25, 0.3) is 10.9 Å². The normalized spacial score (nSPS) is 19.6. The SMILES string of the molecule is CCS[C@H]1CCN(Cc2c(OC)cc(C)c3[nH]ccc23)[C@H](c2ccc(C(=O)O)cc2)C1. The highest BCUT2D eigenvalue weighted by Gasteiger charge is 2.31. The smallest absolute Gasteiger partial charge is 0.335 e. The van der Waals surface area contributed by atoms with Gasteiger partial charge in [-0.25, -0.2) is 4.79 Å². The molecule has 2 aromatic carbocycles. The molecular weight excluding hydrogens is 408 g/mol. The Morgan fingerprint density at radius 3 is 2.74 bits per heavy atom. The highest BCUT2D eigenvalue weighted by Crippen LogP contribution is 2.39. The van der Waals surface area contributed by atoms with Gasteiger partial charge < -0.3 is 14.8 Å². The number of aryl methyl sites for hydroxylation is 1. The van der Waals surface area contributed by atoms with Gasteiger partial charge in [0.2, 0.25) is 0 Å².